The third-order valence-electron chi connectivity index (χ3n) is 5.36. The van der Waals surface area contributed by atoms with Crippen molar-refractivity contribution in [1.82, 2.24) is 25.9 Å². The van der Waals surface area contributed by atoms with Crippen molar-refractivity contribution in [3.63, 3.8) is 0 Å². The van der Waals surface area contributed by atoms with E-state index in [0.29, 0.717) is 36.6 Å². The van der Waals surface area contributed by atoms with Gasteiger partial charge in [-0.05, 0) is 25.3 Å². The Labute approximate surface area is 174 Å². The number of amides is 3. The zero-order valence-corrected chi connectivity index (χ0v) is 17.3. The molecule has 1 fully saturated rings. The number of benzene rings is 1. The number of aryl methyl sites for hydroxylation is 1. The summed E-state index contributed by atoms with van der Waals surface area (Å²) in [5, 5.41) is 7.78. The summed E-state index contributed by atoms with van der Waals surface area (Å²) in [6.07, 6.45) is 4.33. The van der Waals surface area contributed by atoms with Gasteiger partial charge in [-0.3, -0.25) is 30.0 Å². The number of hydrogen-bond acceptors (Lipinski definition) is 5. The van der Waals surface area contributed by atoms with Gasteiger partial charge in [0.1, 0.15) is 5.54 Å². The summed E-state index contributed by atoms with van der Waals surface area (Å²) in [5.74, 6) is -1.38. The number of carbonyl (C=O) groups is 3. The fourth-order valence-corrected chi connectivity index (χ4v) is 3.96. The van der Waals surface area contributed by atoms with Crippen LogP contribution < -0.4 is 21.7 Å². The monoisotopic (exact) mass is 413 g/mol. The molecule has 3 N–H and O–H groups in total. The van der Waals surface area contributed by atoms with Gasteiger partial charge in [0.25, 0.3) is 17.4 Å². The molecular weight excluding hydrogens is 386 g/mol. The van der Waals surface area contributed by atoms with E-state index in [1.54, 1.807) is 24.3 Å². The Morgan fingerprint density at radius 2 is 1.73 bits per heavy atom. The van der Waals surface area contributed by atoms with E-state index in [0.717, 1.165) is 19.3 Å². The lowest BCUT2D eigenvalue weighted by molar-refractivity contribution is -0.134. The molecule has 3 amide bonds. The third-order valence-corrected chi connectivity index (χ3v) is 5.36. The Morgan fingerprint density at radius 1 is 1.07 bits per heavy atom. The highest BCUT2D eigenvalue weighted by molar-refractivity contribution is 6.05. The number of nitrogens with zero attached hydrogens (tertiary/aromatic N) is 2. The Kier molecular flexibility index (Phi) is 6.49. The van der Waals surface area contributed by atoms with Crippen molar-refractivity contribution in [2.24, 2.45) is 0 Å². The molecule has 0 bridgehead atoms. The minimum atomic E-state index is -1.03. The van der Waals surface area contributed by atoms with E-state index < -0.39 is 17.4 Å². The summed E-state index contributed by atoms with van der Waals surface area (Å²) >= 11 is 0. The summed E-state index contributed by atoms with van der Waals surface area (Å²) in [4.78, 5) is 49.9. The molecule has 0 atom stereocenters. The quantitative estimate of drug-likeness (QED) is 0.640. The van der Waals surface area contributed by atoms with Gasteiger partial charge in [-0.1, -0.05) is 44.4 Å². The predicted octanol–water partition coefficient (Wildman–Crippen LogP) is 1.41. The van der Waals surface area contributed by atoms with E-state index >= 15 is 0 Å². The first kappa shape index (κ1) is 21.5. The second-order valence-corrected chi connectivity index (χ2v) is 7.65. The molecule has 1 heterocycles. The fourth-order valence-electron chi connectivity index (χ4n) is 3.96. The molecule has 1 saturated carbocycles. The van der Waals surface area contributed by atoms with E-state index in [2.05, 4.69) is 21.3 Å². The SMILES string of the molecule is CCCn1nc(C(=O)NNC(=O)C2(NC(C)=O)CCCCC2)c2ccccc2c1=O. The van der Waals surface area contributed by atoms with E-state index in [1.165, 1.54) is 11.6 Å². The van der Waals surface area contributed by atoms with E-state index in [-0.39, 0.29) is 17.2 Å². The maximum absolute atomic E-state index is 12.9. The van der Waals surface area contributed by atoms with Crippen molar-refractivity contribution in [2.75, 3.05) is 0 Å². The van der Waals surface area contributed by atoms with Crippen LogP contribution in [0.25, 0.3) is 10.8 Å². The number of hydrazine groups is 1. The van der Waals surface area contributed by atoms with E-state index in [4.69, 9.17) is 0 Å². The molecular formula is C21H27N5O4. The van der Waals surface area contributed by atoms with Crippen LogP contribution in [0.15, 0.2) is 29.1 Å². The maximum Gasteiger partial charge on any atom is 0.290 e. The zero-order valence-electron chi connectivity index (χ0n) is 17.3. The van der Waals surface area contributed by atoms with Crippen LogP contribution in [0, 0.1) is 0 Å². The summed E-state index contributed by atoms with van der Waals surface area (Å²) in [5.41, 5.74) is 3.61. The lowest BCUT2D eigenvalue weighted by atomic mass is 9.81. The lowest BCUT2D eigenvalue weighted by Crippen LogP contribution is -2.62. The highest BCUT2D eigenvalue weighted by atomic mass is 16.2. The summed E-state index contributed by atoms with van der Waals surface area (Å²) < 4.78 is 1.26. The molecule has 160 valence electrons. The van der Waals surface area contributed by atoms with Crippen LogP contribution in [-0.4, -0.2) is 33.0 Å². The molecule has 1 aliphatic carbocycles. The van der Waals surface area contributed by atoms with Crippen LogP contribution in [0.5, 0.6) is 0 Å². The second kappa shape index (κ2) is 9.06. The van der Waals surface area contributed by atoms with Crippen molar-refractivity contribution in [1.29, 1.82) is 0 Å². The predicted molar refractivity (Wildman–Crippen MR) is 112 cm³/mol. The first-order valence-electron chi connectivity index (χ1n) is 10.3. The molecule has 0 aliphatic heterocycles. The Balaban J connectivity index is 1.84. The number of nitrogens with one attached hydrogen (secondary N) is 3. The summed E-state index contributed by atoms with van der Waals surface area (Å²) in [7, 11) is 0. The van der Waals surface area contributed by atoms with Crippen molar-refractivity contribution in [3.05, 3.63) is 40.3 Å². The molecule has 2 aromatic rings. The molecule has 1 aromatic carbocycles. The minimum Gasteiger partial charge on any atom is -0.342 e. The molecule has 0 radical (unpaired) electrons. The first-order valence-corrected chi connectivity index (χ1v) is 10.3. The van der Waals surface area contributed by atoms with Crippen LogP contribution in [0.3, 0.4) is 0 Å². The molecule has 9 heteroatoms. The van der Waals surface area contributed by atoms with Crippen molar-refractivity contribution in [2.45, 2.75) is 64.5 Å². The topological polar surface area (TPSA) is 122 Å². The molecule has 9 nitrogen and oxygen atoms in total. The van der Waals surface area contributed by atoms with Gasteiger partial charge >= 0.3 is 0 Å². The molecule has 30 heavy (non-hydrogen) atoms. The standard InChI is InChI=1S/C21H27N5O4/c1-3-13-26-19(29)16-10-6-5-9-15(16)17(25-26)18(28)23-24-20(30)21(22-14(2)27)11-7-4-8-12-21/h5-6,9-10H,3-4,7-8,11-13H2,1-2H3,(H,22,27)(H,23,28)(H,24,30). The van der Waals surface area contributed by atoms with Crippen LogP contribution in [0.4, 0.5) is 0 Å². The average Bonchev–Trinajstić information content (AvgIpc) is 2.74. The molecule has 0 saturated heterocycles. The smallest absolute Gasteiger partial charge is 0.290 e. The zero-order chi connectivity index (χ0) is 21.7. The van der Waals surface area contributed by atoms with Crippen molar-refractivity contribution >= 4 is 28.5 Å². The van der Waals surface area contributed by atoms with Crippen molar-refractivity contribution < 1.29 is 14.4 Å². The average molecular weight is 413 g/mol. The summed E-state index contributed by atoms with van der Waals surface area (Å²) in [6, 6.07) is 6.74. The second-order valence-electron chi connectivity index (χ2n) is 7.65. The van der Waals surface area contributed by atoms with Gasteiger partial charge < -0.3 is 5.32 Å². The molecule has 1 aromatic heterocycles. The highest BCUT2D eigenvalue weighted by Gasteiger charge is 2.40. The maximum atomic E-state index is 12.9. The van der Waals surface area contributed by atoms with E-state index in [1.807, 2.05) is 6.92 Å². The third kappa shape index (κ3) is 4.34. The number of carbonyl (C=O) groups excluding carboxylic acids is 3. The lowest BCUT2D eigenvalue weighted by Gasteiger charge is -2.36. The number of aromatic nitrogens is 2. The van der Waals surface area contributed by atoms with Crippen LogP contribution >= 0.6 is 0 Å². The first-order chi connectivity index (χ1) is 14.4. The number of hydrogen-bond donors (Lipinski definition) is 3. The number of rotatable bonds is 5. The van der Waals surface area contributed by atoms with Gasteiger partial charge in [0.2, 0.25) is 5.91 Å². The van der Waals surface area contributed by atoms with Gasteiger partial charge in [-0.25, -0.2) is 4.68 Å². The van der Waals surface area contributed by atoms with Gasteiger partial charge in [0, 0.05) is 18.9 Å². The Hall–Kier alpha value is -3.23. The Bertz CT molecular complexity index is 1020. The molecule has 1 aliphatic rings. The van der Waals surface area contributed by atoms with Gasteiger partial charge in [-0.15, -0.1) is 0 Å². The van der Waals surface area contributed by atoms with Crippen LogP contribution in [0.2, 0.25) is 0 Å². The molecule has 3 rings (SSSR count). The van der Waals surface area contributed by atoms with Crippen LogP contribution in [-0.2, 0) is 16.1 Å². The van der Waals surface area contributed by atoms with Crippen molar-refractivity contribution in [3.8, 4) is 0 Å². The van der Waals surface area contributed by atoms with Gasteiger partial charge in [0.15, 0.2) is 5.69 Å². The fraction of sp³-hybridized carbons (Fsp3) is 0.476. The summed E-state index contributed by atoms with van der Waals surface area (Å²) in [6.45, 7) is 3.66. The Morgan fingerprint density at radius 3 is 2.37 bits per heavy atom. The van der Waals surface area contributed by atoms with Gasteiger partial charge in [0.05, 0.1) is 5.39 Å². The molecule has 0 unspecified atom stereocenters. The number of fused-ring (bicyclic) bond motifs is 1. The largest absolute Gasteiger partial charge is 0.342 e. The minimum absolute atomic E-state index is 0.0520. The molecule has 0 spiro atoms. The highest BCUT2D eigenvalue weighted by Crippen LogP contribution is 2.28. The van der Waals surface area contributed by atoms with E-state index in [9.17, 15) is 19.2 Å². The van der Waals surface area contributed by atoms with Gasteiger partial charge in [-0.2, -0.15) is 5.10 Å². The normalized spacial score (nSPS) is 15.4. The van der Waals surface area contributed by atoms with Crippen LogP contribution in [0.1, 0.15) is 62.9 Å².